The van der Waals surface area contributed by atoms with Crippen molar-refractivity contribution in [1.82, 2.24) is 4.98 Å². The molecule has 0 aliphatic heterocycles. The molecule has 1 aromatic heterocycles. The van der Waals surface area contributed by atoms with Gasteiger partial charge >= 0.3 is 0 Å². The monoisotopic (exact) mass is 173 g/mol. The standard InChI is InChI=1S/C8H9F2NO/c1-6-2-3-8(11-4-6)12-5-7(9)10/h2-4,7H,5H2,1H3. The molecule has 0 fully saturated rings. The van der Waals surface area contributed by atoms with E-state index in [1.807, 2.05) is 6.92 Å². The van der Waals surface area contributed by atoms with Crippen molar-refractivity contribution in [2.45, 2.75) is 13.3 Å². The SMILES string of the molecule is Cc1ccc(OCC(F)F)nc1. The van der Waals surface area contributed by atoms with Crippen LogP contribution in [0.2, 0.25) is 0 Å². The van der Waals surface area contributed by atoms with Crippen molar-refractivity contribution < 1.29 is 13.5 Å². The number of aromatic nitrogens is 1. The van der Waals surface area contributed by atoms with Gasteiger partial charge in [-0.3, -0.25) is 0 Å². The third-order valence-corrected chi connectivity index (χ3v) is 1.24. The Bertz CT molecular complexity index is 235. The van der Waals surface area contributed by atoms with Gasteiger partial charge in [-0.2, -0.15) is 0 Å². The second-order valence-corrected chi connectivity index (χ2v) is 2.38. The van der Waals surface area contributed by atoms with Crippen LogP contribution < -0.4 is 4.74 Å². The minimum absolute atomic E-state index is 0.237. The summed E-state index contributed by atoms with van der Waals surface area (Å²) in [4.78, 5) is 3.79. The average molecular weight is 173 g/mol. The molecule has 0 amide bonds. The Hall–Kier alpha value is -1.19. The van der Waals surface area contributed by atoms with Crippen molar-refractivity contribution in [3.8, 4) is 5.88 Å². The Morgan fingerprint density at radius 2 is 2.25 bits per heavy atom. The molecule has 0 saturated carbocycles. The van der Waals surface area contributed by atoms with Crippen LogP contribution in [0.4, 0.5) is 8.78 Å². The van der Waals surface area contributed by atoms with Crippen LogP contribution in [-0.2, 0) is 0 Å². The average Bonchev–Trinajstić information content (AvgIpc) is 2.03. The molecular formula is C8H9F2NO. The first kappa shape index (κ1) is 8.90. The summed E-state index contributed by atoms with van der Waals surface area (Å²) in [5.74, 6) is 0.237. The van der Waals surface area contributed by atoms with Gasteiger partial charge in [0, 0.05) is 12.3 Å². The highest BCUT2D eigenvalue weighted by molar-refractivity contribution is 5.16. The molecule has 0 aliphatic carbocycles. The van der Waals surface area contributed by atoms with Gasteiger partial charge in [0.1, 0.15) is 0 Å². The third-order valence-electron chi connectivity index (χ3n) is 1.24. The van der Waals surface area contributed by atoms with E-state index in [1.165, 1.54) is 0 Å². The minimum atomic E-state index is -2.45. The van der Waals surface area contributed by atoms with Crippen molar-refractivity contribution in [2.24, 2.45) is 0 Å². The molecule has 0 bridgehead atoms. The molecule has 12 heavy (non-hydrogen) atoms. The van der Waals surface area contributed by atoms with E-state index in [4.69, 9.17) is 0 Å². The van der Waals surface area contributed by atoms with Crippen molar-refractivity contribution in [1.29, 1.82) is 0 Å². The van der Waals surface area contributed by atoms with E-state index in [1.54, 1.807) is 18.3 Å². The van der Waals surface area contributed by atoms with Gasteiger partial charge in [-0.05, 0) is 12.5 Å². The molecule has 1 aromatic rings. The normalized spacial score (nSPS) is 10.3. The summed E-state index contributed by atoms with van der Waals surface area (Å²) in [6, 6.07) is 3.32. The third kappa shape index (κ3) is 2.82. The molecule has 4 heteroatoms. The second kappa shape index (κ2) is 3.99. The molecule has 0 radical (unpaired) electrons. The number of alkyl halides is 2. The highest BCUT2D eigenvalue weighted by atomic mass is 19.3. The molecule has 1 rings (SSSR count). The van der Waals surface area contributed by atoms with Crippen LogP contribution in [0.1, 0.15) is 5.56 Å². The number of rotatable bonds is 3. The van der Waals surface area contributed by atoms with E-state index in [0.29, 0.717) is 0 Å². The predicted molar refractivity (Wildman–Crippen MR) is 40.5 cm³/mol. The molecule has 0 saturated heterocycles. The molecular weight excluding hydrogens is 164 g/mol. The molecule has 0 N–H and O–H groups in total. The summed E-state index contributed by atoms with van der Waals surface area (Å²) in [6.07, 6.45) is -0.881. The number of ether oxygens (including phenoxy) is 1. The largest absolute Gasteiger partial charge is 0.472 e. The first-order chi connectivity index (χ1) is 5.68. The molecule has 0 unspecified atom stereocenters. The summed E-state index contributed by atoms with van der Waals surface area (Å²) < 4.78 is 28.0. The predicted octanol–water partition coefficient (Wildman–Crippen LogP) is 2.03. The fraction of sp³-hybridized carbons (Fsp3) is 0.375. The quantitative estimate of drug-likeness (QED) is 0.697. The number of hydrogen-bond donors (Lipinski definition) is 0. The van der Waals surface area contributed by atoms with E-state index >= 15 is 0 Å². The maximum absolute atomic E-state index is 11.6. The lowest BCUT2D eigenvalue weighted by Crippen LogP contribution is -2.07. The van der Waals surface area contributed by atoms with Crippen LogP contribution in [0.5, 0.6) is 5.88 Å². The van der Waals surface area contributed by atoms with Gasteiger partial charge < -0.3 is 4.74 Å². The zero-order valence-electron chi connectivity index (χ0n) is 6.63. The van der Waals surface area contributed by atoms with Gasteiger partial charge in [0.25, 0.3) is 6.43 Å². The summed E-state index contributed by atoms with van der Waals surface area (Å²) in [5, 5.41) is 0. The fourth-order valence-electron chi connectivity index (χ4n) is 0.688. The summed E-state index contributed by atoms with van der Waals surface area (Å²) in [7, 11) is 0. The Balaban J connectivity index is 2.48. The lowest BCUT2D eigenvalue weighted by molar-refractivity contribution is 0.0796. The van der Waals surface area contributed by atoms with Crippen LogP contribution in [0.3, 0.4) is 0 Å². The fourth-order valence-corrected chi connectivity index (χ4v) is 0.688. The molecule has 0 aliphatic rings. The van der Waals surface area contributed by atoms with E-state index < -0.39 is 13.0 Å². The van der Waals surface area contributed by atoms with Gasteiger partial charge in [-0.25, -0.2) is 13.8 Å². The maximum Gasteiger partial charge on any atom is 0.272 e. The summed E-state index contributed by atoms with van der Waals surface area (Å²) >= 11 is 0. The summed E-state index contributed by atoms with van der Waals surface area (Å²) in [5.41, 5.74) is 0.972. The van der Waals surface area contributed by atoms with Crippen LogP contribution >= 0.6 is 0 Å². The molecule has 1 heterocycles. The maximum atomic E-state index is 11.6. The van der Waals surface area contributed by atoms with E-state index in [-0.39, 0.29) is 5.88 Å². The van der Waals surface area contributed by atoms with Crippen molar-refractivity contribution >= 4 is 0 Å². The van der Waals surface area contributed by atoms with Gasteiger partial charge in [-0.1, -0.05) is 6.07 Å². The van der Waals surface area contributed by atoms with E-state index in [0.717, 1.165) is 5.56 Å². The number of halogens is 2. The second-order valence-electron chi connectivity index (χ2n) is 2.38. The highest BCUT2D eigenvalue weighted by Crippen LogP contribution is 2.07. The zero-order chi connectivity index (χ0) is 8.97. The Kier molecular flexibility index (Phi) is 2.96. The van der Waals surface area contributed by atoms with Gasteiger partial charge in [0.15, 0.2) is 6.61 Å². The molecule has 2 nitrogen and oxygen atoms in total. The first-order valence-corrected chi connectivity index (χ1v) is 3.52. The molecule has 0 spiro atoms. The van der Waals surface area contributed by atoms with E-state index in [9.17, 15) is 8.78 Å². The Morgan fingerprint density at radius 3 is 2.75 bits per heavy atom. The zero-order valence-corrected chi connectivity index (χ0v) is 6.63. The smallest absolute Gasteiger partial charge is 0.272 e. The van der Waals surface area contributed by atoms with Gasteiger partial charge in [0.05, 0.1) is 0 Å². The number of pyridine rings is 1. The first-order valence-electron chi connectivity index (χ1n) is 3.52. The van der Waals surface area contributed by atoms with Crippen LogP contribution in [0, 0.1) is 6.92 Å². The Labute approximate surface area is 69.2 Å². The number of aryl methyl sites for hydroxylation is 1. The number of nitrogens with zero attached hydrogens (tertiary/aromatic N) is 1. The van der Waals surface area contributed by atoms with Gasteiger partial charge in [0.2, 0.25) is 5.88 Å². The van der Waals surface area contributed by atoms with E-state index in [2.05, 4.69) is 9.72 Å². The molecule has 0 atom stereocenters. The van der Waals surface area contributed by atoms with Crippen molar-refractivity contribution in [3.05, 3.63) is 23.9 Å². The number of hydrogen-bond acceptors (Lipinski definition) is 2. The van der Waals surface area contributed by atoms with Gasteiger partial charge in [-0.15, -0.1) is 0 Å². The van der Waals surface area contributed by atoms with Crippen molar-refractivity contribution in [3.63, 3.8) is 0 Å². The molecule has 66 valence electrons. The lowest BCUT2D eigenvalue weighted by atomic mass is 10.3. The van der Waals surface area contributed by atoms with Crippen LogP contribution in [0.15, 0.2) is 18.3 Å². The topological polar surface area (TPSA) is 22.1 Å². The Morgan fingerprint density at radius 1 is 1.50 bits per heavy atom. The minimum Gasteiger partial charge on any atom is -0.472 e. The molecule has 0 aromatic carbocycles. The van der Waals surface area contributed by atoms with Crippen LogP contribution in [-0.4, -0.2) is 18.0 Å². The van der Waals surface area contributed by atoms with Crippen LogP contribution in [0.25, 0.3) is 0 Å². The summed E-state index contributed by atoms with van der Waals surface area (Å²) in [6.45, 7) is 1.26. The highest BCUT2D eigenvalue weighted by Gasteiger charge is 2.03. The lowest BCUT2D eigenvalue weighted by Gasteiger charge is -2.03. The van der Waals surface area contributed by atoms with Crippen molar-refractivity contribution in [2.75, 3.05) is 6.61 Å².